The minimum atomic E-state index is -4.45. The number of benzene rings is 3. The highest BCUT2D eigenvalue weighted by Crippen LogP contribution is 2.34. The van der Waals surface area contributed by atoms with Crippen LogP contribution in [0.25, 0.3) is 5.57 Å². The first kappa shape index (κ1) is 28.2. The molecule has 3 N–H and O–H groups in total. The van der Waals surface area contributed by atoms with E-state index in [0.717, 1.165) is 30.0 Å². The van der Waals surface area contributed by atoms with Crippen molar-refractivity contribution in [2.45, 2.75) is 38.0 Å². The van der Waals surface area contributed by atoms with Gasteiger partial charge in [0.2, 0.25) is 5.91 Å². The molecular weight excluding hydrogens is 533 g/mol. The van der Waals surface area contributed by atoms with Crippen molar-refractivity contribution >= 4 is 28.8 Å². The van der Waals surface area contributed by atoms with Gasteiger partial charge in [0.1, 0.15) is 11.9 Å². The molecule has 1 saturated carbocycles. The lowest BCUT2D eigenvalue weighted by molar-refractivity contribution is -0.137. The van der Waals surface area contributed by atoms with Gasteiger partial charge in [-0.2, -0.15) is 13.2 Å². The maximum Gasteiger partial charge on any atom is 0.416 e. The van der Waals surface area contributed by atoms with Gasteiger partial charge >= 0.3 is 6.18 Å². The summed E-state index contributed by atoms with van der Waals surface area (Å²) in [6.45, 7) is 0.595. The molecule has 0 aromatic heterocycles. The summed E-state index contributed by atoms with van der Waals surface area (Å²) >= 11 is 0. The van der Waals surface area contributed by atoms with E-state index < -0.39 is 29.7 Å². The monoisotopic (exact) mass is 562 g/mol. The van der Waals surface area contributed by atoms with Gasteiger partial charge in [0, 0.05) is 29.4 Å². The van der Waals surface area contributed by atoms with Gasteiger partial charge in [-0.05, 0) is 65.4 Å². The molecule has 6 nitrogen and oxygen atoms in total. The molecule has 1 unspecified atom stereocenters. The summed E-state index contributed by atoms with van der Waals surface area (Å²) in [6, 6.07) is 17.2. The molecule has 5 rings (SSSR count). The van der Waals surface area contributed by atoms with Crippen molar-refractivity contribution in [3.63, 3.8) is 0 Å². The quantitative estimate of drug-likeness (QED) is 0.209. The summed E-state index contributed by atoms with van der Waals surface area (Å²) in [6.07, 6.45) is 2.34. The number of carbonyl (C=O) groups excluding carboxylic acids is 2. The largest absolute Gasteiger partial charge is 0.494 e. The molecule has 1 fully saturated rings. The number of allylic oxidation sites excluding steroid dienone is 2. The van der Waals surface area contributed by atoms with Crippen LogP contribution in [0.5, 0.6) is 5.75 Å². The first-order valence-electron chi connectivity index (χ1n) is 13.4. The molecule has 212 valence electrons. The second kappa shape index (κ2) is 12.0. The Morgan fingerprint density at radius 2 is 1.80 bits per heavy atom. The van der Waals surface area contributed by atoms with Crippen molar-refractivity contribution in [2.75, 3.05) is 17.2 Å². The van der Waals surface area contributed by atoms with Gasteiger partial charge in [0.05, 0.1) is 12.2 Å². The SMILES string of the molecule is O=C(C=CC=C(c1ccc(C(F)(F)F)cc1)c1cccc(OCCC2CC2)c1)Nc1cccc2c1CC(O)C(=O)N2. The maximum atomic E-state index is 13.2. The average molecular weight is 563 g/mol. The number of fused-ring (bicyclic) bond motifs is 1. The summed E-state index contributed by atoms with van der Waals surface area (Å²) in [5, 5.41) is 15.3. The van der Waals surface area contributed by atoms with Gasteiger partial charge in [-0.1, -0.05) is 55.3 Å². The summed E-state index contributed by atoms with van der Waals surface area (Å²) < 4.78 is 45.4. The Balaban J connectivity index is 1.38. The summed E-state index contributed by atoms with van der Waals surface area (Å²) in [5.74, 6) is 0.428. The summed E-state index contributed by atoms with van der Waals surface area (Å²) in [5.41, 5.74) is 2.71. The first-order valence-corrected chi connectivity index (χ1v) is 13.4. The predicted molar refractivity (Wildman–Crippen MR) is 150 cm³/mol. The molecule has 1 aliphatic heterocycles. The molecule has 1 heterocycles. The number of hydrogen-bond acceptors (Lipinski definition) is 4. The smallest absolute Gasteiger partial charge is 0.416 e. The lowest BCUT2D eigenvalue weighted by Gasteiger charge is -2.23. The lowest BCUT2D eigenvalue weighted by atomic mass is 9.96. The summed E-state index contributed by atoms with van der Waals surface area (Å²) in [7, 11) is 0. The Morgan fingerprint density at radius 3 is 2.54 bits per heavy atom. The molecule has 9 heteroatoms. The minimum Gasteiger partial charge on any atom is -0.494 e. The maximum absolute atomic E-state index is 13.2. The fraction of sp³-hybridized carbons (Fsp3) is 0.250. The van der Waals surface area contributed by atoms with E-state index in [1.807, 2.05) is 24.3 Å². The van der Waals surface area contributed by atoms with Gasteiger partial charge in [0.15, 0.2) is 0 Å². The Hall–Kier alpha value is -4.37. The third kappa shape index (κ3) is 7.24. The zero-order valence-corrected chi connectivity index (χ0v) is 22.1. The number of nitrogens with one attached hydrogen (secondary N) is 2. The molecule has 1 atom stereocenters. The number of alkyl halides is 3. The Bertz CT molecular complexity index is 1490. The molecule has 41 heavy (non-hydrogen) atoms. The van der Waals surface area contributed by atoms with E-state index in [1.165, 1.54) is 37.1 Å². The summed E-state index contributed by atoms with van der Waals surface area (Å²) in [4.78, 5) is 24.5. The Morgan fingerprint density at radius 1 is 1.05 bits per heavy atom. The van der Waals surface area contributed by atoms with Crippen molar-refractivity contribution in [1.82, 2.24) is 0 Å². The number of aliphatic hydroxyl groups excluding tert-OH is 1. The molecule has 0 radical (unpaired) electrons. The average Bonchev–Trinajstić information content (AvgIpc) is 3.77. The van der Waals surface area contributed by atoms with Crippen molar-refractivity contribution in [3.05, 3.63) is 107 Å². The highest BCUT2D eigenvalue weighted by Gasteiger charge is 2.30. The van der Waals surface area contributed by atoms with Crippen molar-refractivity contribution < 1.29 is 32.6 Å². The van der Waals surface area contributed by atoms with E-state index >= 15 is 0 Å². The number of anilines is 2. The third-order valence-corrected chi connectivity index (χ3v) is 7.06. The minimum absolute atomic E-state index is 0.0678. The second-order valence-corrected chi connectivity index (χ2v) is 10.2. The molecular formula is C32H29F3N2O4. The van der Waals surface area contributed by atoms with Gasteiger partial charge < -0.3 is 20.5 Å². The topological polar surface area (TPSA) is 87.7 Å². The van der Waals surface area contributed by atoms with Gasteiger partial charge in [-0.25, -0.2) is 0 Å². The Labute approximate surface area is 235 Å². The van der Waals surface area contributed by atoms with Gasteiger partial charge in [-0.15, -0.1) is 0 Å². The molecule has 3 aromatic carbocycles. The highest BCUT2D eigenvalue weighted by molar-refractivity contribution is 6.03. The first-order chi connectivity index (χ1) is 19.7. The second-order valence-electron chi connectivity index (χ2n) is 10.2. The van der Waals surface area contributed by atoms with Crippen LogP contribution < -0.4 is 15.4 Å². The highest BCUT2D eigenvalue weighted by atomic mass is 19.4. The lowest BCUT2D eigenvalue weighted by Crippen LogP contribution is -2.34. The van der Waals surface area contributed by atoms with Gasteiger partial charge in [0.25, 0.3) is 5.91 Å². The molecule has 2 aliphatic rings. The number of amides is 2. The third-order valence-electron chi connectivity index (χ3n) is 7.06. The van der Waals surface area contributed by atoms with Crippen molar-refractivity contribution in [1.29, 1.82) is 0 Å². The molecule has 2 amide bonds. The molecule has 1 aliphatic carbocycles. The van der Waals surface area contributed by atoms with E-state index in [4.69, 9.17) is 4.74 Å². The van der Waals surface area contributed by atoms with Crippen molar-refractivity contribution in [3.8, 4) is 5.75 Å². The standard InChI is InChI=1S/C32H29F3N2O4/c33-32(34,35)23-14-12-21(13-15-23)25(22-4-1-5-24(18-22)41-17-16-20-10-11-20)6-2-9-30(39)36-27-7-3-8-28-26(27)19-29(38)31(40)37-28/h1-9,12-15,18,20,29,38H,10-11,16-17,19H2,(H,36,39)(H,37,40). The van der Waals surface area contributed by atoms with Gasteiger partial charge in [-0.3, -0.25) is 9.59 Å². The number of rotatable bonds is 9. The zero-order valence-electron chi connectivity index (χ0n) is 22.1. The number of ether oxygens (including phenoxy) is 1. The van der Waals surface area contributed by atoms with Crippen LogP contribution in [0.2, 0.25) is 0 Å². The van der Waals surface area contributed by atoms with E-state index in [1.54, 1.807) is 24.3 Å². The predicted octanol–water partition coefficient (Wildman–Crippen LogP) is 6.37. The number of aliphatic hydroxyl groups is 1. The van der Waals surface area contributed by atoms with Crippen LogP contribution in [-0.4, -0.2) is 29.6 Å². The normalized spacial score (nSPS) is 17.2. The molecule has 0 saturated heterocycles. The molecule has 0 bridgehead atoms. The van der Waals surface area contributed by atoms with Crippen LogP contribution in [-0.2, 0) is 22.2 Å². The molecule has 3 aromatic rings. The number of halogens is 3. The number of hydrogen-bond donors (Lipinski definition) is 3. The number of carbonyl (C=O) groups is 2. The van der Waals surface area contributed by atoms with E-state index in [0.29, 0.717) is 40.4 Å². The molecule has 0 spiro atoms. The fourth-order valence-corrected chi connectivity index (χ4v) is 4.65. The fourth-order valence-electron chi connectivity index (χ4n) is 4.65. The van der Waals surface area contributed by atoms with Crippen LogP contribution in [0.4, 0.5) is 24.5 Å². The van der Waals surface area contributed by atoms with E-state index in [2.05, 4.69) is 10.6 Å². The van der Waals surface area contributed by atoms with E-state index in [-0.39, 0.29) is 6.42 Å². The van der Waals surface area contributed by atoms with Crippen LogP contribution in [0, 0.1) is 5.92 Å². The van der Waals surface area contributed by atoms with Crippen LogP contribution in [0.3, 0.4) is 0 Å². The van der Waals surface area contributed by atoms with Crippen LogP contribution in [0.15, 0.2) is 85.0 Å². The van der Waals surface area contributed by atoms with E-state index in [9.17, 15) is 27.9 Å². The van der Waals surface area contributed by atoms with Crippen LogP contribution in [0.1, 0.15) is 41.5 Å². The van der Waals surface area contributed by atoms with Crippen LogP contribution >= 0.6 is 0 Å². The zero-order chi connectivity index (χ0) is 29.0. The van der Waals surface area contributed by atoms with Crippen molar-refractivity contribution in [2.24, 2.45) is 5.92 Å². The Kier molecular flexibility index (Phi) is 8.26.